The maximum Gasteiger partial charge on any atom is 0.139 e. The predicted molar refractivity (Wildman–Crippen MR) is 91.8 cm³/mol. The standard InChI is InChI=1S/C15H17BrClFN2S/c1-2-21-10-4-3-9(5-10)20-14-6-11(16)12(18)7-13(14)19-15(20)8-17/h6-7,9-10H,2-5,8H2,1H3. The van der Waals surface area contributed by atoms with Crippen LogP contribution in [0.25, 0.3) is 11.0 Å². The lowest BCUT2D eigenvalue weighted by molar-refractivity contribution is 0.519. The van der Waals surface area contributed by atoms with Crippen molar-refractivity contribution in [1.82, 2.24) is 9.55 Å². The molecule has 0 radical (unpaired) electrons. The van der Waals surface area contributed by atoms with Crippen LogP contribution in [0.3, 0.4) is 0 Å². The van der Waals surface area contributed by atoms with E-state index >= 15 is 0 Å². The summed E-state index contributed by atoms with van der Waals surface area (Å²) in [7, 11) is 0. The van der Waals surface area contributed by atoms with Gasteiger partial charge in [-0.05, 0) is 47.0 Å². The van der Waals surface area contributed by atoms with Crippen molar-refractivity contribution in [3.63, 3.8) is 0 Å². The summed E-state index contributed by atoms with van der Waals surface area (Å²) in [4.78, 5) is 4.51. The van der Waals surface area contributed by atoms with E-state index in [1.807, 2.05) is 17.8 Å². The normalized spacial score (nSPS) is 22.3. The Kier molecular flexibility index (Phi) is 4.81. The first-order valence-corrected chi connectivity index (χ1v) is 9.55. The maximum atomic E-state index is 13.7. The van der Waals surface area contributed by atoms with Crippen molar-refractivity contribution >= 4 is 50.3 Å². The summed E-state index contributed by atoms with van der Waals surface area (Å²) < 4.78 is 16.4. The second-order valence-electron chi connectivity index (χ2n) is 5.33. The third-order valence-electron chi connectivity index (χ3n) is 4.05. The first kappa shape index (κ1) is 15.6. The summed E-state index contributed by atoms with van der Waals surface area (Å²) in [6.45, 7) is 2.20. The summed E-state index contributed by atoms with van der Waals surface area (Å²) in [5.74, 6) is 2.08. The number of halogens is 3. The predicted octanol–water partition coefficient (Wildman–Crippen LogP) is 5.52. The molecule has 114 valence electrons. The number of aromatic nitrogens is 2. The highest BCUT2D eigenvalue weighted by atomic mass is 79.9. The van der Waals surface area contributed by atoms with E-state index in [-0.39, 0.29) is 5.82 Å². The molecule has 1 aliphatic rings. The van der Waals surface area contributed by atoms with E-state index in [0.29, 0.717) is 27.2 Å². The van der Waals surface area contributed by atoms with Crippen LogP contribution in [0.2, 0.25) is 0 Å². The fraction of sp³-hybridized carbons (Fsp3) is 0.533. The van der Waals surface area contributed by atoms with Gasteiger partial charge in [-0.3, -0.25) is 0 Å². The summed E-state index contributed by atoms with van der Waals surface area (Å²) in [5, 5.41) is 0.713. The molecule has 21 heavy (non-hydrogen) atoms. The molecule has 2 nitrogen and oxygen atoms in total. The Morgan fingerprint density at radius 1 is 1.48 bits per heavy atom. The number of fused-ring (bicyclic) bond motifs is 1. The second kappa shape index (κ2) is 6.47. The number of imidazole rings is 1. The van der Waals surface area contributed by atoms with Crippen LogP contribution in [0, 0.1) is 5.82 Å². The summed E-state index contributed by atoms with van der Waals surface area (Å²) in [6, 6.07) is 3.73. The number of thioether (sulfide) groups is 1. The van der Waals surface area contributed by atoms with Gasteiger partial charge in [-0.1, -0.05) is 6.92 Å². The molecule has 0 saturated heterocycles. The lowest BCUT2D eigenvalue weighted by Gasteiger charge is -2.16. The largest absolute Gasteiger partial charge is 0.324 e. The molecule has 0 N–H and O–H groups in total. The highest BCUT2D eigenvalue weighted by Gasteiger charge is 2.28. The number of rotatable bonds is 4. The van der Waals surface area contributed by atoms with Gasteiger partial charge in [0.05, 0.1) is 21.4 Å². The Morgan fingerprint density at radius 2 is 2.29 bits per heavy atom. The first-order chi connectivity index (χ1) is 10.1. The van der Waals surface area contributed by atoms with Gasteiger partial charge in [-0.2, -0.15) is 11.8 Å². The van der Waals surface area contributed by atoms with Gasteiger partial charge in [0.15, 0.2) is 0 Å². The van der Waals surface area contributed by atoms with Crippen molar-refractivity contribution in [2.45, 2.75) is 43.4 Å². The van der Waals surface area contributed by atoms with Crippen LogP contribution in [0.15, 0.2) is 16.6 Å². The molecule has 1 aromatic heterocycles. The van der Waals surface area contributed by atoms with Gasteiger partial charge in [-0.15, -0.1) is 11.6 Å². The zero-order valence-corrected chi connectivity index (χ0v) is 14.9. The average Bonchev–Trinajstić information content (AvgIpc) is 3.04. The van der Waals surface area contributed by atoms with Crippen LogP contribution in [-0.2, 0) is 5.88 Å². The molecule has 2 aromatic rings. The van der Waals surface area contributed by atoms with Gasteiger partial charge >= 0.3 is 0 Å². The van der Waals surface area contributed by atoms with Gasteiger partial charge in [0.25, 0.3) is 0 Å². The van der Waals surface area contributed by atoms with Crippen LogP contribution in [0.1, 0.15) is 38.1 Å². The fourth-order valence-electron chi connectivity index (χ4n) is 3.18. The van der Waals surface area contributed by atoms with Gasteiger partial charge in [0.1, 0.15) is 11.6 Å². The van der Waals surface area contributed by atoms with Crippen molar-refractivity contribution in [1.29, 1.82) is 0 Å². The second-order valence-corrected chi connectivity index (χ2v) is 8.03. The van der Waals surface area contributed by atoms with E-state index in [0.717, 1.165) is 29.9 Å². The molecule has 1 saturated carbocycles. The summed E-state index contributed by atoms with van der Waals surface area (Å²) in [6.07, 6.45) is 3.51. The Balaban J connectivity index is 2.02. The Hall–Kier alpha value is -0.260. The highest BCUT2D eigenvalue weighted by Crippen LogP contribution is 2.40. The number of nitrogens with zero attached hydrogens (tertiary/aromatic N) is 2. The molecule has 2 unspecified atom stereocenters. The summed E-state index contributed by atoms with van der Waals surface area (Å²) in [5.41, 5.74) is 1.67. The molecule has 6 heteroatoms. The Labute approximate surface area is 141 Å². The van der Waals surface area contributed by atoms with E-state index in [1.165, 1.54) is 12.5 Å². The van der Waals surface area contributed by atoms with Crippen molar-refractivity contribution in [3.05, 3.63) is 28.2 Å². The molecule has 3 rings (SSSR count). The zero-order valence-electron chi connectivity index (χ0n) is 11.8. The average molecular weight is 392 g/mol. The van der Waals surface area contributed by atoms with Gasteiger partial charge in [-0.25, -0.2) is 9.37 Å². The van der Waals surface area contributed by atoms with Crippen LogP contribution < -0.4 is 0 Å². The van der Waals surface area contributed by atoms with Crippen LogP contribution in [0.4, 0.5) is 4.39 Å². The number of hydrogen-bond acceptors (Lipinski definition) is 2. The zero-order chi connectivity index (χ0) is 15.0. The number of benzene rings is 1. The minimum absolute atomic E-state index is 0.279. The molecule has 1 aliphatic carbocycles. The SMILES string of the molecule is CCSC1CCC(n2c(CCl)nc3cc(F)c(Br)cc32)C1. The minimum atomic E-state index is -0.279. The minimum Gasteiger partial charge on any atom is -0.324 e. The third-order valence-corrected chi connectivity index (χ3v) is 6.13. The van der Waals surface area contributed by atoms with E-state index in [4.69, 9.17) is 11.6 Å². The Morgan fingerprint density at radius 3 is 3.00 bits per heavy atom. The maximum absolute atomic E-state index is 13.7. The highest BCUT2D eigenvalue weighted by molar-refractivity contribution is 9.10. The fourth-order valence-corrected chi connectivity index (χ4v) is 4.83. The van der Waals surface area contributed by atoms with E-state index in [1.54, 1.807) is 0 Å². The lowest BCUT2D eigenvalue weighted by atomic mass is 10.2. The van der Waals surface area contributed by atoms with Crippen molar-refractivity contribution in [3.8, 4) is 0 Å². The van der Waals surface area contributed by atoms with Crippen molar-refractivity contribution in [2.75, 3.05) is 5.75 Å². The smallest absolute Gasteiger partial charge is 0.139 e. The number of hydrogen-bond donors (Lipinski definition) is 0. The number of alkyl halides is 1. The van der Waals surface area contributed by atoms with E-state index in [9.17, 15) is 4.39 Å². The lowest BCUT2D eigenvalue weighted by Crippen LogP contribution is -2.09. The van der Waals surface area contributed by atoms with Crippen LogP contribution in [-0.4, -0.2) is 20.6 Å². The van der Waals surface area contributed by atoms with Crippen LogP contribution in [0.5, 0.6) is 0 Å². The van der Waals surface area contributed by atoms with E-state index in [2.05, 4.69) is 32.4 Å². The monoisotopic (exact) mass is 390 g/mol. The topological polar surface area (TPSA) is 17.8 Å². The molecular formula is C15H17BrClFN2S. The molecule has 0 aliphatic heterocycles. The molecule has 1 aromatic carbocycles. The summed E-state index contributed by atoms with van der Waals surface area (Å²) >= 11 is 11.4. The van der Waals surface area contributed by atoms with Gasteiger partial charge < -0.3 is 4.57 Å². The quantitative estimate of drug-likeness (QED) is 0.638. The molecule has 0 bridgehead atoms. The molecule has 1 fully saturated rings. The van der Waals surface area contributed by atoms with E-state index < -0.39 is 0 Å². The third kappa shape index (κ3) is 2.97. The molecule has 1 heterocycles. The first-order valence-electron chi connectivity index (χ1n) is 7.17. The van der Waals surface area contributed by atoms with Gasteiger partial charge in [0, 0.05) is 17.4 Å². The van der Waals surface area contributed by atoms with Crippen LogP contribution >= 0.6 is 39.3 Å². The molecular weight excluding hydrogens is 375 g/mol. The van der Waals surface area contributed by atoms with Crippen molar-refractivity contribution in [2.24, 2.45) is 0 Å². The van der Waals surface area contributed by atoms with Gasteiger partial charge in [0.2, 0.25) is 0 Å². The molecule has 0 amide bonds. The Bertz CT molecular complexity index is 661. The van der Waals surface area contributed by atoms with Crippen molar-refractivity contribution < 1.29 is 4.39 Å². The molecule has 0 spiro atoms. The molecule has 2 atom stereocenters.